The molecule has 106 valence electrons. The average molecular weight is 305 g/mol. The summed E-state index contributed by atoms with van der Waals surface area (Å²) in [7, 11) is 0. The van der Waals surface area contributed by atoms with Crippen molar-refractivity contribution in [3.8, 4) is 5.75 Å². The molecule has 0 atom stereocenters. The standard InChI is InChI=1S/C14H9ClN2O4/c15-8-2-4-12-10(6-8)17-14(21-12)16-9-3-1-7(13(19)20)5-11(9)18/h1-6,18H,(H,16,17)(H,19,20). The third-order valence-corrected chi connectivity index (χ3v) is 3.07. The molecule has 0 spiro atoms. The van der Waals surface area contributed by atoms with Crippen molar-refractivity contribution >= 4 is 40.4 Å². The predicted octanol–water partition coefficient (Wildman–Crippen LogP) is 3.63. The summed E-state index contributed by atoms with van der Waals surface area (Å²) in [5, 5.41) is 22.0. The lowest BCUT2D eigenvalue weighted by atomic mass is 10.2. The van der Waals surface area contributed by atoms with E-state index in [9.17, 15) is 9.90 Å². The van der Waals surface area contributed by atoms with Crippen molar-refractivity contribution in [3.05, 3.63) is 47.0 Å². The van der Waals surface area contributed by atoms with Gasteiger partial charge < -0.3 is 19.9 Å². The number of hydrogen-bond acceptors (Lipinski definition) is 5. The van der Waals surface area contributed by atoms with Crippen LogP contribution in [0, 0.1) is 0 Å². The van der Waals surface area contributed by atoms with Gasteiger partial charge in [-0.25, -0.2) is 4.79 Å². The fourth-order valence-electron chi connectivity index (χ4n) is 1.84. The number of phenolic OH excluding ortho intramolecular Hbond substituents is 1. The Labute approximate surface area is 123 Å². The maximum atomic E-state index is 10.8. The zero-order valence-corrected chi connectivity index (χ0v) is 11.3. The molecule has 3 aromatic rings. The Morgan fingerprint density at radius 2 is 2.05 bits per heavy atom. The normalized spacial score (nSPS) is 10.7. The van der Waals surface area contributed by atoms with Crippen molar-refractivity contribution in [1.82, 2.24) is 4.98 Å². The second-order valence-electron chi connectivity index (χ2n) is 4.29. The molecule has 0 unspecified atom stereocenters. The highest BCUT2D eigenvalue weighted by Crippen LogP contribution is 2.29. The number of rotatable bonds is 3. The van der Waals surface area contributed by atoms with Gasteiger partial charge in [0.1, 0.15) is 11.3 Å². The topological polar surface area (TPSA) is 95.6 Å². The first-order chi connectivity index (χ1) is 10.0. The van der Waals surface area contributed by atoms with E-state index in [0.717, 1.165) is 6.07 Å². The second-order valence-corrected chi connectivity index (χ2v) is 4.73. The number of aromatic hydroxyl groups is 1. The van der Waals surface area contributed by atoms with Gasteiger partial charge >= 0.3 is 5.97 Å². The number of nitrogens with zero attached hydrogens (tertiary/aromatic N) is 1. The van der Waals surface area contributed by atoms with Gasteiger partial charge in [-0.05, 0) is 36.4 Å². The van der Waals surface area contributed by atoms with E-state index >= 15 is 0 Å². The second kappa shape index (κ2) is 4.99. The molecule has 3 N–H and O–H groups in total. The summed E-state index contributed by atoms with van der Waals surface area (Å²) in [6.07, 6.45) is 0. The van der Waals surface area contributed by atoms with Gasteiger partial charge in [0, 0.05) is 5.02 Å². The lowest BCUT2D eigenvalue weighted by molar-refractivity contribution is 0.0696. The third-order valence-electron chi connectivity index (χ3n) is 2.84. The number of halogens is 1. The molecule has 0 radical (unpaired) electrons. The summed E-state index contributed by atoms with van der Waals surface area (Å²) < 4.78 is 5.45. The summed E-state index contributed by atoms with van der Waals surface area (Å²) in [5.74, 6) is -1.33. The number of aromatic carboxylic acids is 1. The van der Waals surface area contributed by atoms with Crippen LogP contribution in [0.1, 0.15) is 10.4 Å². The van der Waals surface area contributed by atoms with E-state index in [1.807, 2.05) is 0 Å². The van der Waals surface area contributed by atoms with E-state index in [1.54, 1.807) is 18.2 Å². The fourth-order valence-corrected chi connectivity index (χ4v) is 2.01. The monoisotopic (exact) mass is 304 g/mol. The van der Waals surface area contributed by atoms with E-state index in [-0.39, 0.29) is 23.0 Å². The van der Waals surface area contributed by atoms with Crippen LogP contribution < -0.4 is 5.32 Å². The molecule has 2 aromatic carbocycles. The molecule has 0 saturated heterocycles. The quantitative estimate of drug-likeness (QED) is 0.639. The van der Waals surface area contributed by atoms with Crippen LogP contribution in [-0.4, -0.2) is 21.2 Å². The molecule has 0 bridgehead atoms. The van der Waals surface area contributed by atoms with Gasteiger partial charge in [-0.2, -0.15) is 4.98 Å². The molecule has 0 fully saturated rings. The number of aromatic nitrogens is 1. The zero-order chi connectivity index (χ0) is 15.0. The molecule has 21 heavy (non-hydrogen) atoms. The van der Waals surface area contributed by atoms with Crippen molar-refractivity contribution in [1.29, 1.82) is 0 Å². The lowest BCUT2D eigenvalue weighted by Crippen LogP contribution is -1.97. The minimum atomic E-state index is -1.12. The van der Waals surface area contributed by atoms with Gasteiger partial charge in [0.2, 0.25) is 0 Å². The number of fused-ring (bicyclic) bond motifs is 1. The van der Waals surface area contributed by atoms with Crippen molar-refractivity contribution in [3.63, 3.8) is 0 Å². The Morgan fingerprint density at radius 3 is 2.76 bits per heavy atom. The van der Waals surface area contributed by atoms with Crippen molar-refractivity contribution in [2.45, 2.75) is 0 Å². The molecule has 0 aliphatic heterocycles. The molecule has 0 aliphatic rings. The molecule has 3 rings (SSSR count). The highest BCUT2D eigenvalue weighted by Gasteiger charge is 2.11. The van der Waals surface area contributed by atoms with Crippen LogP contribution in [0.2, 0.25) is 5.02 Å². The minimum absolute atomic E-state index is 0.0117. The van der Waals surface area contributed by atoms with Crippen molar-refractivity contribution < 1.29 is 19.4 Å². The number of carboxylic acids is 1. The van der Waals surface area contributed by atoms with Crippen LogP contribution in [0.4, 0.5) is 11.7 Å². The number of benzene rings is 2. The molecule has 7 heteroatoms. The molecule has 0 saturated carbocycles. The summed E-state index contributed by atoms with van der Waals surface area (Å²) in [6.45, 7) is 0. The van der Waals surface area contributed by atoms with Crippen LogP contribution in [0.15, 0.2) is 40.8 Å². The summed E-state index contributed by atoms with van der Waals surface area (Å²) >= 11 is 5.86. The number of phenols is 1. The molecular weight excluding hydrogens is 296 g/mol. The highest BCUT2D eigenvalue weighted by molar-refractivity contribution is 6.31. The van der Waals surface area contributed by atoms with Crippen LogP contribution in [0.5, 0.6) is 5.75 Å². The Morgan fingerprint density at radius 1 is 1.24 bits per heavy atom. The van der Waals surface area contributed by atoms with Gasteiger partial charge in [0.15, 0.2) is 5.58 Å². The van der Waals surface area contributed by atoms with E-state index in [2.05, 4.69) is 10.3 Å². The number of anilines is 2. The smallest absolute Gasteiger partial charge is 0.335 e. The maximum Gasteiger partial charge on any atom is 0.335 e. The Kier molecular flexibility index (Phi) is 3.15. The Balaban J connectivity index is 1.93. The van der Waals surface area contributed by atoms with Gasteiger partial charge in [0.25, 0.3) is 6.01 Å². The molecule has 1 aromatic heterocycles. The van der Waals surface area contributed by atoms with Crippen LogP contribution in [0.3, 0.4) is 0 Å². The number of carbonyl (C=O) groups is 1. The fraction of sp³-hybridized carbons (Fsp3) is 0. The van der Waals surface area contributed by atoms with Crippen molar-refractivity contribution in [2.75, 3.05) is 5.32 Å². The Hall–Kier alpha value is -2.73. The SMILES string of the molecule is O=C(O)c1ccc(Nc2nc3cc(Cl)ccc3o2)c(O)c1. The van der Waals surface area contributed by atoms with Crippen molar-refractivity contribution in [2.24, 2.45) is 0 Å². The van der Waals surface area contributed by atoms with E-state index < -0.39 is 5.97 Å². The number of carboxylic acid groups (broad SMARTS) is 1. The molecule has 0 amide bonds. The summed E-state index contributed by atoms with van der Waals surface area (Å²) in [6, 6.07) is 9.13. The lowest BCUT2D eigenvalue weighted by Gasteiger charge is -2.05. The van der Waals surface area contributed by atoms with Crippen LogP contribution in [-0.2, 0) is 0 Å². The predicted molar refractivity (Wildman–Crippen MR) is 77.4 cm³/mol. The van der Waals surface area contributed by atoms with Crippen LogP contribution in [0.25, 0.3) is 11.1 Å². The average Bonchev–Trinajstić information content (AvgIpc) is 2.82. The molecule has 6 nitrogen and oxygen atoms in total. The van der Waals surface area contributed by atoms with Gasteiger partial charge in [-0.1, -0.05) is 11.6 Å². The number of hydrogen-bond donors (Lipinski definition) is 3. The molecule has 1 heterocycles. The first-order valence-electron chi connectivity index (χ1n) is 5.92. The maximum absolute atomic E-state index is 10.8. The first-order valence-corrected chi connectivity index (χ1v) is 6.30. The van der Waals surface area contributed by atoms with Gasteiger partial charge in [0.05, 0.1) is 11.3 Å². The van der Waals surface area contributed by atoms with E-state index in [1.165, 1.54) is 12.1 Å². The van der Waals surface area contributed by atoms with Gasteiger partial charge in [-0.15, -0.1) is 0 Å². The minimum Gasteiger partial charge on any atom is -0.506 e. The molecular formula is C14H9ClN2O4. The summed E-state index contributed by atoms with van der Waals surface area (Å²) in [5.41, 5.74) is 1.40. The molecule has 0 aliphatic carbocycles. The zero-order valence-electron chi connectivity index (χ0n) is 10.5. The van der Waals surface area contributed by atoms with Crippen LogP contribution >= 0.6 is 11.6 Å². The Bertz CT molecular complexity index is 844. The number of nitrogens with one attached hydrogen (secondary N) is 1. The highest BCUT2D eigenvalue weighted by atomic mass is 35.5. The first kappa shape index (κ1) is 13.3. The largest absolute Gasteiger partial charge is 0.506 e. The van der Waals surface area contributed by atoms with E-state index in [4.69, 9.17) is 21.1 Å². The number of oxazole rings is 1. The van der Waals surface area contributed by atoms with Gasteiger partial charge in [-0.3, -0.25) is 0 Å². The van der Waals surface area contributed by atoms with E-state index in [0.29, 0.717) is 16.1 Å². The third kappa shape index (κ3) is 2.61. The summed E-state index contributed by atoms with van der Waals surface area (Å²) in [4.78, 5) is 15.0.